The molecule has 0 heterocycles. The molecule has 0 atom stereocenters. The highest BCUT2D eigenvalue weighted by molar-refractivity contribution is 6.00. The van der Waals surface area contributed by atoms with Crippen LogP contribution in [0.5, 0.6) is 0 Å². The highest BCUT2D eigenvalue weighted by Gasteiger charge is 2.31. The zero-order valence-electron chi connectivity index (χ0n) is 13.3. The molecular formula is C17H19N3O3. The number of aryl methyl sites for hydroxylation is 1. The van der Waals surface area contributed by atoms with Gasteiger partial charge in [-0.3, -0.25) is 14.9 Å². The Morgan fingerprint density at radius 2 is 1.78 bits per heavy atom. The number of rotatable bonds is 4. The molecule has 0 saturated heterocycles. The van der Waals surface area contributed by atoms with E-state index in [0.29, 0.717) is 5.69 Å². The van der Waals surface area contributed by atoms with Crippen LogP contribution in [0.2, 0.25) is 0 Å². The molecule has 2 rings (SSSR count). The molecule has 0 aliphatic carbocycles. The van der Waals surface area contributed by atoms with Crippen LogP contribution in [0.3, 0.4) is 0 Å². The van der Waals surface area contributed by atoms with Crippen LogP contribution in [0.25, 0.3) is 0 Å². The SMILES string of the molecule is Cc1ccc(NC(=O)C(C)(C)c2ccc(N)cc2)c([N+](=O)[O-])c1. The van der Waals surface area contributed by atoms with Crippen LogP contribution in [-0.4, -0.2) is 10.8 Å². The van der Waals surface area contributed by atoms with Crippen molar-refractivity contribution in [2.45, 2.75) is 26.2 Å². The summed E-state index contributed by atoms with van der Waals surface area (Å²) >= 11 is 0. The van der Waals surface area contributed by atoms with Crippen molar-refractivity contribution in [1.29, 1.82) is 0 Å². The molecule has 0 aromatic heterocycles. The van der Waals surface area contributed by atoms with E-state index < -0.39 is 10.3 Å². The number of amides is 1. The summed E-state index contributed by atoms with van der Waals surface area (Å²) in [6.45, 7) is 5.28. The van der Waals surface area contributed by atoms with Crippen LogP contribution in [0.1, 0.15) is 25.0 Å². The van der Waals surface area contributed by atoms with E-state index in [2.05, 4.69) is 5.32 Å². The summed E-state index contributed by atoms with van der Waals surface area (Å²) in [7, 11) is 0. The predicted molar refractivity (Wildman–Crippen MR) is 90.3 cm³/mol. The van der Waals surface area contributed by atoms with Gasteiger partial charge < -0.3 is 11.1 Å². The Kier molecular flexibility index (Phi) is 4.36. The van der Waals surface area contributed by atoms with Crippen LogP contribution in [0.15, 0.2) is 42.5 Å². The van der Waals surface area contributed by atoms with E-state index >= 15 is 0 Å². The number of anilines is 2. The molecule has 0 bridgehead atoms. The second-order valence-corrected chi connectivity index (χ2v) is 5.98. The number of nitrogens with zero attached hydrogens (tertiary/aromatic N) is 1. The monoisotopic (exact) mass is 313 g/mol. The normalized spacial score (nSPS) is 11.1. The second-order valence-electron chi connectivity index (χ2n) is 5.98. The molecule has 0 aliphatic heterocycles. The zero-order chi connectivity index (χ0) is 17.2. The Balaban J connectivity index is 2.31. The van der Waals surface area contributed by atoms with Crippen molar-refractivity contribution >= 4 is 23.0 Å². The van der Waals surface area contributed by atoms with Gasteiger partial charge in [-0.05, 0) is 50.1 Å². The average Bonchev–Trinajstić information content (AvgIpc) is 2.49. The molecule has 0 unspecified atom stereocenters. The zero-order valence-corrected chi connectivity index (χ0v) is 13.3. The maximum atomic E-state index is 12.6. The standard InChI is InChI=1S/C17H19N3O3/c1-11-4-9-14(15(10-11)20(22)23)19-16(21)17(2,3)12-5-7-13(18)8-6-12/h4-10H,18H2,1-3H3,(H,19,21). The predicted octanol–water partition coefficient (Wildman–Crippen LogP) is 3.40. The van der Waals surface area contributed by atoms with Gasteiger partial charge in [0.05, 0.1) is 10.3 Å². The molecule has 3 N–H and O–H groups in total. The van der Waals surface area contributed by atoms with Crippen molar-refractivity contribution in [3.8, 4) is 0 Å². The van der Waals surface area contributed by atoms with Crippen molar-refractivity contribution in [2.24, 2.45) is 0 Å². The first-order valence-corrected chi connectivity index (χ1v) is 7.14. The van der Waals surface area contributed by atoms with Gasteiger partial charge in [0.25, 0.3) is 5.69 Å². The highest BCUT2D eigenvalue weighted by Crippen LogP contribution is 2.30. The fraction of sp³-hybridized carbons (Fsp3) is 0.235. The summed E-state index contributed by atoms with van der Waals surface area (Å²) in [5.74, 6) is -0.325. The van der Waals surface area contributed by atoms with Crippen molar-refractivity contribution in [1.82, 2.24) is 0 Å². The first kappa shape index (κ1) is 16.5. The number of nitrogens with one attached hydrogen (secondary N) is 1. The van der Waals surface area contributed by atoms with Crippen LogP contribution in [0, 0.1) is 17.0 Å². The lowest BCUT2D eigenvalue weighted by molar-refractivity contribution is -0.384. The summed E-state index contributed by atoms with van der Waals surface area (Å²) < 4.78 is 0. The third kappa shape index (κ3) is 3.48. The number of carbonyl (C=O) groups excluding carboxylic acids is 1. The maximum absolute atomic E-state index is 12.6. The Bertz CT molecular complexity index is 752. The summed E-state index contributed by atoms with van der Waals surface area (Å²) in [6.07, 6.45) is 0. The molecule has 0 saturated carbocycles. The fourth-order valence-electron chi connectivity index (χ4n) is 2.21. The molecule has 6 heteroatoms. The lowest BCUT2D eigenvalue weighted by Crippen LogP contribution is -2.34. The molecule has 2 aromatic carbocycles. The van der Waals surface area contributed by atoms with E-state index in [1.165, 1.54) is 6.07 Å². The third-order valence-electron chi connectivity index (χ3n) is 3.80. The highest BCUT2D eigenvalue weighted by atomic mass is 16.6. The molecule has 0 fully saturated rings. The van der Waals surface area contributed by atoms with E-state index in [4.69, 9.17) is 5.73 Å². The van der Waals surface area contributed by atoms with Gasteiger partial charge in [0, 0.05) is 11.8 Å². The van der Waals surface area contributed by atoms with E-state index in [9.17, 15) is 14.9 Å². The van der Waals surface area contributed by atoms with Gasteiger partial charge in [-0.2, -0.15) is 0 Å². The van der Waals surface area contributed by atoms with Gasteiger partial charge in [-0.1, -0.05) is 18.2 Å². The van der Waals surface area contributed by atoms with Crippen LogP contribution in [-0.2, 0) is 10.2 Å². The third-order valence-corrected chi connectivity index (χ3v) is 3.80. The van der Waals surface area contributed by atoms with Crippen molar-refractivity contribution in [2.75, 3.05) is 11.1 Å². The molecule has 120 valence electrons. The lowest BCUT2D eigenvalue weighted by Gasteiger charge is -2.24. The molecule has 0 spiro atoms. The molecule has 6 nitrogen and oxygen atoms in total. The number of nitro benzene ring substituents is 1. The van der Waals surface area contributed by atoms with Crippen LogP contribution in [0.4, 0.5) is 17.1 Å². The minimum atomic E-state index is -0.855. The van der Waals surface area contributed by atoms with E-state index in [1.807, 2.05) is 0 Å². The maximum Gasteiger partial charge on any atom is 0.293 e. The molecule has 0 radical (unpaired) electrons. The first-order chi connectivity index (χ1) is 10.7. The summed E-state index contributed by atoms with van der Waals surface area (Å²) in [6, 6.07) is 11.7. The Labute approximate surface area is 134 Å². The second kappa shape index (κ2) is 6.08. The van der Waals surface area contributed by atoms with Gasteiger partial charge in [0.15, 0.2) is 0 Å². The van der Waals surface area contributed by atoms with Crippen molar-refractivity contribution < 1.29 is 9.72 Å². The largest absolute Gasteiger partial charge is 0.399 e. The number of nitrogens with two attached hydrogens (primary N) is 1. The summed E-state index contributed by atoms with van der Waals surface area (Å²) in [5.41, 5.74) is 7.02. The minimum Gasteiger partial charge on any atom is -0.399 e. The minimum absolute atomic E-state index is 0.119. The first-order valence-electron chi connectivity index (χ1n) is 7.14. The molecule has 1 amide bonds. The Morgan fingerprint density at radius 1 is 1.17 bits per heavy atom. The number of hydrogen-bond acceptors (Lipinski definition) is 4. The topological polar surface area (TPSA) is 98.3 Å². The van der Waals surface area contributed by atoms with E-state index in [1.54, 1.807) is 57.2 Å². The van der Waals surface area contributed by atoms with Gasteiger partial charge in [-0.15, -0.1) is 0 Å². The van der Waals surface area contributed by atoms with Gasteiger partial charge >= 0.3 is 0 Å². The number of hydrogen-bond donors (Lipinski definition) is 2. The molecule has 2 aromatic rings. The van der Waals surface area contributed by atoms with Crippen LogP contribution >= 0.6 is 0 Å². The van der Waals surface area contributed by atoms with Crippen LogP contribution < -0.4 is 11.1 Å². The average molecular weight is 313 g/mol. The van der Waals surface area contributed by atoms with E-state index in [0.717, 1.165) is 11.1 Å². The summed E-state index contributed by atoms with van der Waals surface area (Å²) in [4.78, 5) is 23.3. The number of benzene rings is 2. The smallest absolute Gasteiger partial charge is 0.293 e. The Morgan fingerprint density at radius 3 is 2.35 bits per heavy atom. The molecule has 0 aliphatic rings. The van der Waals surface area contributed by atoms with Gasteiger partial charge in [0.1, 0.15) is 5.69 Å². The fourth-order valence-corrected chi connectivity index (χ4v) is 2.21. The van der Waals surface area contributed by atoms with E-state index in [-0.39, 0.29) is 17.3 Å². The molecule has 23 heavy (non-hydrogen) atoms. The molecular weight excluding hydrogens is 294 g/mol. The Hall–Kier alpha value is -2.89. The van der Waals surface area contributed by atoms with Gasteiger partial charge in [0.2, 0.25) is 5.91 Å². The lowest BCUT2D eigenvalue weighted by atomic mass is 9.83. The quantitative estimate of drug-likeness (QED) is 0.513. The van der Waals surface area contributed by atoms with Crippen molar-refractivity contribution in [3.63, 3.8) is 0 Å². The number of carbonyl (C=O) groups is 1. The van der Waals surface area contributed by atoms with Gasteiger partial charge in [-0.25, -0.2) is 0 Å². The van der Waals surface area contributed by atoms with Crippen molar-refractivity contribution in [3.05, 3.63) is 63.7 Å². The number of nitrogen functional groups attached to an aromatic ring is 1. The number of nitro groups is 1. The summed E-state index contributed by atoms with van der Waals surface area (Å²) in [5, 5.41) is 13.8.